The number of benzene rings is 3. The van der Waals surface area contributed by atoms with E-state index in [1.807, 2.05) is 0 Å². The molecule has 8 rings (SSSR count). The first-order chi connectivity index (χ1) is 22.6. The molecule has 7 nitrogen and oxygen atoms in total. The van der Waals surface area contributed by atoms with E-state index in [-0.39, 0.29) is 57.4 Å². The highest BCUT2D eigenvalue weighted by molar-refractivity contribution is 6.35. The topological polar surface area (TPSA) is 79.5 Å². The van der Waals surface area contributed by atoms with Crippen molar-refractivity contribution in [2.45, 2.75) is 55.9 Å². The van der Waals surface area contributed by atoms with E-state index in [0.29, 0.717) is 37.3 Å². The number of halogens is 6. The molecule has 2 unspecified atom stereocenters. The van der Waals surface area contributed by atoms with Gasteiger partial charge < -0.3 is 20.7 Å². The highest BCUT2D eigenvalue weighted by atomic mass is 35.5. The fraction of sp³-hybridized carbons (Fsp3) is 0.412. The quantitative estimate of drug-likeness (QED) is 0.115. The minimum absolute atomic E-state index is 0.0530. The van der Waals surface area contributed by atoms with Crippen molar-refractivity contribution in [3.05, 3.63) is 52.1 Å². The van der Waals surface area contributed by atoms with Crippen LogP contribution in [0.4, 0.5) is 33.5 Å². The molecule has 0 radical (unpaired) electrons. The summed E-state index contributed by atoms with van der Waals surface area (Å²) in [5.41, 5.74) is 4.37. The maximum Gasteiger partial charge on any atom is 0.319 e. The zero-order valence-corrected chi connectivity index (χ0v) is 25.9. The number of piperazine rings is 1. The first-order valence-electron chi connectivity index (χ1n) is 15.7. The Balaban J connectivity index is 1.32. The van der Waals surface area contributed by atoms with Crippen molar-refractivity contribution in [2.75, 3.05) is 43.4 Å². The lowest BCUT2D eigenvalue weighted by Crippen LogP contribution is -2.51. The summed E-state index contributed by atoms with van der Waals surface area (Å²) < 4.78 is 82.2. The smallest absolute Gasteiger partial charge is 0.319 e. The normalized spacial score (nSPS) is 25.6. The first kappa shape index (κ1) is 30.4. The monoisotopic (exact) mass is 668 g/mol. The molecular formula is C34H30ClF5N6O. The number of nitrogen functional groups attached to an aromatic ring is 1. The van der Waals surface area contributed by atoms with Gasteiger partial charge in [0.15, 0.2) is 23.3 Å². The number of hydrogen-bond donors (Lipinski definition) is 2. The summed E-state index contributed by atoms with van der Waals surface area (Å²) in [6, 6.07) is 4.24. The number of hydrogen-bond acceptors (Lipinski definition) is 7. The summed E-state index contributed by atoms with van der Waals surface area (Å²) in [5.74, 6) is -3.30. The first-order valence-corrected chi connectivity index (χ1v) is 16.0. The van der Waals surface area contributed by atoms with Gasteiger partial charge in [-0.3, -0.25) is 4.90 Å². The number of fused-ring (bicyclic) bond motifs is 5. The Morgan fingerprint density at radius 3 is 2.53 bits per heavy atom. The molecule has 13 heteroatoms. The van der Waals surface area contributed by atoms with Crippen molar-refractivity contribution in [3.63, 3.8) is 0 Å². The van der Waals surface area contributed by atoms with Gasteiger partial charge in [0.05, 0.1) is 16.1 Å². The Bertz CT molecular complexity index is 2010. The molecule has 47 heavy (non-hydrogen) atoms. The second-order valence-electron chi connectivity index (χ2n) is 13.1. The Kier molecular flexibility index (Phi) is 7.17. The van der Waals surface area contributed by atoms with Crippen LogP contribution in [-0.2, 0) is 0 Å². The molecule has 0 aliphatic carbocycles. The van der Waals surface area contributed by atoms with Gasteiger partial charge in [-0.2, -0.15) is 9.97 Å². The molecule has 4 atom stereocenters. The lowest BCUT2D eigenvalue weighted by molar-refractivity contribution is 0.107. The number of aromatic nitrogens is 2. The Labute approximate surface area is 272 Å². The minimum Gasteiger partial charge on any atom is -0.461 e. The molecule has 3 aromatic carbocycles. The van der Waals surface area contributed by atoms with Crippen LogP contribution in [0.5, 0.6) is 6.01 Å². The molecule has 4 aliphatic heterocycles. The Morgan fingerprint density at radius 2 is 1.79 bits per heavy atom. The van der Waals surface area contributed by atoms with Crippen LogP contribution in [0.3, 0.4) is 0 Å². The highest BCUT2D eigenvalue weighted by Crippen LogP contribution is 2.45. The van der Waals surface area contributed by atoms with Crippen molar-refractivity contribution >= 4 is 44.8 Å². The molecule has 0 spiro atoms. The average molecular weight is 669 g/mol. The molecule has 2 bridgehead atoms. The van der Waals surface area contributed by atoms with Crippen LogP contribution in [0.25, 0.3) is 32.8 Å². The molecular weight excluding hydrogens is 639 g/mol. The number of ether oxygens (including phenoxy) is 1. The number of nitrogens with two attached hydrogens (primary N) is 1. The number of nitrogens with one attached hydrogen (secondary N) is 1. The molecule has 3 N–H and O–H groups in total. The van der Waals surface area contributed by atoms with E-state index < -0.39 is 45.9 Å². The molecule has 1 aromatic heterocycles. The third kappa shape index (κ3) is 4.77. The largest absolute Gasteiger partial charge is 0.461 e. The number of anilines is 2. The molecule has 0 amide bonds. The second kappa shape index (κ2) is 11.1. The summed E-state index contributed by atoms with van der Waals surface area (Å²) in [6.45, 7) is 2.46. The Hall–Kier alpha value is -3.92. The zero-order valence-electron chi connectivity index (χ0n) is 25.2. The number of terminal acetylenes is 1. The predicted octanol–water partition coefficient (Wildman–Crippen LogP) is 6.12. The minimum atomic E-state index is -1.77. The molecule has 5 heterocycles. The Morgan fingerprint density at radius 1 is 1.02 bits per heavy atom. The van der Waals surface area contributed by atoms with Crippen molar-refractivity contribution in [1.82, 2.24) is 20.2 Å². The molecule has 4 aromatic rings. The summed E-state index contributed by atoms with van der Waals surface area (Å²) in [6.07, 6.45) is 8.58. The van der Waals surface area contributed by atoms with E-state index in [9.17, 15) is 13.2 Å². The van der Waals surface area contributed by atoms with Gasteiger partial charge >= 0.3 is 6.01 Å². The number of alkyl halides is 1. The van der Waals surface area contributed by atoms with Crippen LogP contribution in [0.1, 0.15) is 37.7 Å². The van der Waals surface area contributed by atoms with Gasteiger partial charge in [0, 0.05) is 65.5 Å². The van der Waals surface area contributed by atoms with Gasteiger partial charge in [0.2, 0.25) is 0 Å². The fourth-order valence-electron chi connectivity index (χ4n) is 8.20. The van der Waals surface area contributed by atoms with E-state index in [1.54, 1.807) is 0 Å². The van der Waals surface area contributed by atoms with Crippen LogP contribution >= 0.6 is 11.6 Å². The SMILES string of the molecule is C#Cc1c(F)c(F)c(F)c2cc(N)cc(-c3c(Cl)cc4c(N5CC6CCC(C5)N6)nc(OC[C@@]56CCCN5C[C@H](F)C6)nc4c3F)c12. The van der Waals surface area contributed by atoms with Gasteiger partial charge in [-0.05, 0) is 56.0 Å². The summed E-state index contributed by atoms with van der Waals surface area (Å²) in [4.78, 5) is 13.4. The molecule has 4 aliphatic rings. The van der Waals surface area contributed by atoms with Gasteiger partial charge in [0.1, 0.15) is 24.1 Å². The maximum absolute atomic E-state index is 17.0. The van der Waals surface area contributed by atoms with E-state index in [1.165, 1.54) is 12.1 Å². The molecule has 4 fully saturated rings. The lowest BCUT2D eigenvalue weighted by Gasteiger charge is -2.34. The predicted molar refractivity (Wildman–Crippen MR) is 170 cm³/mol. The van der Waals surface area contributed by atoms with E-state index in [4.69, 9.17) is 33.5 Å². The third-order valence-corrected chi connectivity index (χ3v) is 10.6. The standard InChI is InChI=1S/C34H30ClF5N6O/c1-2-20-25-21(8-17(41)9-22(25)28(38)30(40)27(20)37)26-24(35)10-23-31(29(26)39)43-33(44-32(23)45-13-18-4-5-19(14-45)42-18)47-15-34-6-3-7-46(34)12-16(36)11-34/h1,8-10,16,18-19,42H,3-7,11-15,41H2/t16-,18?,19?,34+/m1/s1. The lowest BCUT2D eigenvalue weighted by atomic mass is 9.92. The number of nitrogens with zero attached hydrogens (tertiary/aromatic N) is 4. The van der Waals surface area contributed by atoms with Gasteiger partial charge in [-0.1, -0.05) is 17.5 Å². The van der Waals surface area contributed by atoms with Crippen molar-refractivity contribution < 1.29 is 26.7 Å². The van der Waals surface area contributed by atoms with Crippen molar-refractivity contribution in [3.8, 4) is 29.5 Å². The van der Waals surface area contributed by atoms with Crippen molar-refractivity contribution in [2.24, 2.45) is 0 Å². The van der Waals surface area contributed by atoms with E-state index in [0.717, 1.165) is 38.3 Å². The van der Waals surface area contributed by atoms with Crippen LogP contribution in [0.2, 0.25) is 5.02 Å². The summed E-state index contributed by atoms with van der Waals surface area (Å²) in [5, 5.41) is 3.08. The van der Waals surface area contributed by atoms with Crippen molar-refractivity contribution in [1.29, 1.82) is 0 Å². The van der Waals surface area contributed by atoms with Crippen LogP contribution in [-0.4, -0.2) is 71.4 Å². The molecule has 0 saturated carbocycles. The van der Waals surface area contributed by atoms with Gasteiger partial charge in [0.25, 0.3) is 0 Å². The van der Waals surface area contributed by atoms with Crippen LogP contribution in [0, 0.1) is 35.6 Å². The number of rotatable bonds is 5. The fourth-order valence-corrected chi connectivity index (χ4v) is 8.50. The second-order valence-corrected chi connectivity index (χ2v) is 13.5. The van der Waals surface area contributed by atoms with E-state index >= 15 is 8.78 Å². The zero-order chi connectivity index (χ0) is 32.8. The highest BCUT2D eigenvalue weighted by Gasteiger charge is 2.49. The van der Waals surface area contributed by atoms with E-state index in [2.05, 4.69) is 26.0 Å². The summed E-state index contributed by atoms with van der Waals surface area (Å²) >= 11 is 6.79. The van der Waals surface area contributed by atoms with Crippen LogP contribution in [0.15, 0.2) is 18.2 Å². The molecule has 244 valence electrons. The average Bonchev–Trinajstić information content (AvgIpc) is 3.69. The summed E-state index contributed by atoms with van der Waals surface area (Å²) in [7, 11) is 0. The maximum atomic E-state index is 17.0. The molecule has 4 saturated heterocycles. The third-order valence-electron chi connectivity index (χ3n) is 10.3. The van der Waals surface area contributed by atoms with Crippen LogP contribution < -0.4 is 20.7 Å². The van der Waals surface area contributed by atoms with Gasteiger partial charge in [-0.15, -0.1) is 6.42 Å². The van der Waals surface area contributed by atoms with Gasteiger partial charge in [-0.25, -0.2) is 22.0 Å².